The first-order valence-corrected chi connectivity index (χ1v) is 4.60. The van der Waals surface area contributed by atoms with Gasteiger partial charge in [0, 0.05) is 24.4 Å². The first-order valence-electron chi connectivity index (χ1n) is 4.60. The number of hydrogen-bond acceptors (Lipinski definition) is 2. The van der Waals surface area contributed by atoms with E-state index in [4.69, 9.17) is 0 Å². The second-order valence-electron chi connectivity index (χ2n) is 4.28. The molecular formula is C10H18N2O. The van der Waals surface area contributed by atoms with Crippen LogP contribution in [0.25, 0.3) is 0 Å². The minimum Gasteiger partial charge on any atom is -0.393 e. The second-order valence-corrected chi connectivity index (χ2v) is 4.28. The second kappa shape index (κ2) is 3.50. The van der Waals surface area contributed by atoms with Crippen LogP contribution in [0.5, 0.6) is 0 Å². The number of nitrogens with zero attached hydrogens (tertiary/aromatic N) is 2. The summed E-state index contributed by atoms with van der Waals surface area (Å²) >= 11 is 0. The Labute approximate surface area is 79.4 Å². The van der Waals surface area contributed by atoms with E-state index in [0.717, 1.165) is 12.1 Å². The lowest BCUT2D eigenvalue weighted by Crippen LogP contribution is -2.25. The SMILES string of the molecule is CC(O)CC(C)(C)c1ccnn1C. The van der Waals surface area contributed by atoms with Crippen LogP contribution >= 0.6 is 0 Å². The molecule has 0 aliphatic rings. The molecular weight excluding hydrogens is 164 g/mol. The summed E-state index contributed by atoms with van der Waals surface area (Å²) in [5.41, 5.74) is 1.15. The van der Waals surface area contributed by atoms with Gasteiger partial charge in [0.1, 0.15) is 0 Å². The molecule has 0 fully saturated rings. The van der Waals surface area contributed by atoms with Gasteiger partial charge < -0.3 is 5.11 Å². The first kappa shape index (κ1) is 10.3. The van der Waals surface area contributed by atoms with Gasteiger partial charge in [-0.3, -0.25) is 4.68 Å². The first-order chi connectivity index (χ1) is 5.93. The molecule has 1 N–H and O–H groups in total. The Morgan fingerprint density at radius 2 is 2.23 bits per heavy atom. The lowest BCUT2D eigenvalue weighted by Gasteiger charge is -2.26. The van der Waals surface area contributed by atoms with Gasteiger partial charge in [-0.05, 0) is 19.4 Å². The van der Waals surface area contributed by atoms with Crippen molar-refractivity contribution in [3.8, 4) is 0 Å². The number of aliphatic hydroxyl groups excluding tert-OH is 1. The molecule has 3 nitrogen and oxygen atoms in total. The van der Waals surface area contributed by atoms with Gasteiger partial charge in [-0.1, -0.05) is 13.8 Å². The van der Waals surface area contributed by atoms with E-state index in [1.807, 2.05) is 24.7 Å². The maximum absolute atomic E-state index is 9.35. The number of hydrogen-bond donors (Lipinski definition) is 1. The van der Waals surface area contributed by atoms with Crippen molar-refractivity contribution in [2.75, 3.05) is 0 Å². The van der Waals surface area contributed by atoms with Gasteiger partial charge in [0.05, 0.1) is 6.10 Å². The van der Waals surface area contributed by atoms with E-state index in [0.29, 0.717) is 0 Å². The fraction of sp³-hybridized carbons (Fsp3) is 0.700. The maximum atomic E-state index is 9.35. The van der Waals surface area contributed by atoms with Crippen molar-refractivity contribution < 1.29 is 5.11 Å². The zero-order chi connectivity index (χ0) is 10.1. The highest BCUT2D eigenvalue weighted by atomic mass is 16.3. The molecule has 1 atom stereocenters. The van der Waals surface area contributed by atoms with Crippen LogP contribution in [0, 0.1) is 0 Å². The van der Waals surface area contributed by atoms with Gasteiger partial charge in [0.2, 0.25) is 0 Å². The van der Waals surface area contributed by atoms with Crippen LogP contribution < -0.4 is 0 Å². The molecule has 0 aliphatic heterocycles. The summed E-state index contributed by atoms with van der Waals surface area (Å²) in [7, 11) is 1.93. The Kier molecular flexibility index (Phi) is 2.76. The molecule has 1 unspecified atom stereocenters. The highest BCUT2D eigenvalue weighted by Gasteiger charge is 2.25. The van der Waals surface area contributed by atoms with Gasteiger partial charge >= 0.3 is 0 Å². The summed E-state index contributed by atoms with van der Waals surface area (Å²) in [6.07, 6.45) is 2.27. The normalized spacial score (nSPS) is 14.5. The quantitative estimate of drug-likeness (QED) is 0.768. The molecule has 74 valence electrons. The van der Waals surface area contributed by atoms with Crippen molar-refractivity contribution >= 4 is 0 Å². The Bertz CT molecular complexity index is 276. The van der Waals surface area contributed by atoms with Crippen LogP contribution in [-0.2, 0) is 12.5 Å². The van der Waals surface area contributed by atoms with Crippen molar-refractivity contribution in [2.45, 2.75) is 38.7 Å². The Morgan fingerprint density at radius 3 is 2.62 bits per heavy atom. The fourth-order valence-electron chi connectivity index (χ4n) is 1.88. The van der Waals surface area contributed by atoms with Crippen LogP contribution in [0.15, 0.2) is 12.3 Å². The minimum atomic E-state index is -0.273. The molecule has 13 heavy (non-hydrogen) atoms. The molecule has 0 saturated carbocycles. The predicted octanol–water partition coefficient (Wildman–Crippen LogP) is 1.47. The summed E-state index contributed by atoms with van der Waals surface area (Å²) in [6, 6.07) is 2.00. The summed E-state index contributed by atoms with van der Waals surface area (Å²) in [6.45, 7) is 6.06. The number of aryl methyl sites for hydroxylation is 1. The van der Waals surface area contributed by atoms with Crippen LogP contribution in [0.4, 0.5) is 0 Å². The number of aromatic nitrogens is 2. The van der Waals surface area contributed by atoms with Crippen molar-refractivity contribution in [3.63, 3.8) is 0 Å². The van der Waals surface area contributed by atoms with Crippen molar-refractivity contribution in [3.05, 3.63) is 18.0 Å². The van der Waals surface area contributed by atoms with Gasteiger partial charge in [0.15, 0.2) is 0 Å². The Hall–Kier alpha value is -0.830. The minimum absolute atomic E-state index is 0.0145. The lowest BCUT2D eigenvalue weighted by molar-refractivity contribution is 0.154. The molecule has 0 bridgehead atoms. The Balaban J connectivity index is 2.87. The zero-order valence-electron chi connectivity index (χ0n) is 8.78. The molecule has 0 saturated heterocycles. The summed E-state index contributed by atoms with van der Waals surface area (Å²) < 4.78 is 1.86. The molecule has 0 amide bonds. The number of rotatable bonds is 3. The molecule has 0 radical (unpaired) electrons. The van der Waals surface area contributed by atoms with E-state index in [1.54, 1.807) is 6.20 Å². The van der Waals surface area contributed by atoms with Gasteiger partial charge in [-0.2, -0.15) is 5.10 Å². The molecule has 0 spiro atoms. The molecule has 1 rings (SSSR count). The monoisotopic (exact) mass is 182 g/mol. The highest BCUT2D eigenvalue weighted by molar-refractivity contribution is 5.13. The largest absolute Gasteiger partial charge is 0.393 e. The van der Waals surface area contributed by atoms with E-state index < -0.39 is 0 Å². The fourth-order valence-corrected chi connectivity index (χ4v) is 1.88. The summed E-state index contributed by atoms with van der Waals surface area (Å²) in [4.78, 5) is 0. The third-order valence-electron chi connectivity index (χ3n) is 2.32. The van der Waals surface area contributed by atoms with E-state index in [9.17, 15) is 5.11 Å². The topological polar surface area (TPSA) is 38.1 Å². The maximum Gasteiger partial charge on any atom is 0.0521 e. The van der Waals surface area contributed by atoms with E-state index in [-0.39, 0.29) is 11.5 Å². The lowest BCUT2D eigenvalue weighted by atomic mass is 9.83. The molecule has 1 aromatic rings. The third-order valence-corrected chi connectivity index (χ3v) is 2.32. The predicted molar refractivity (Wildman–Crippen MR) is 52.5 cm³/mol. The van der Waals surface area contributed by atoms with Crippen LogP contribution in [0.1, 0.15) is 32.9 Å². The number of aliphatic hydroxyl groups is 1. The van der Waals surface area contributed by atoms with Crippen LogP contribution in [0.2, 0.25) is 0 Å². The van der Waals surface area contributed by atoms with Crippen molar-refractivity contribution in [1.82, 2.24) is 9.78 Å². The Morgan fingerprint density at radius 1 is 1.62 bits per heavy atom. The molecule has 0 aliphatic carbocycles. The smallest absolute Gasteiger partial charge is 0.0521 e. The average Bonchev–Trinajstić information content (AvgIpc) is 2.32. The zero-order valence-corrected chi connectivity index (χ0v) is 8.78. The van der Waals surface area contributed by atoms with Gasteiger partial charge in [0.25, 0.3) is 0 Å². The molecule has 3 heteroatoms. The van der Waals surface area contributed by atoms with E-state index in [1.165, 1.54) is 0 Å². The standard InChI is InChI=1S/C10H18N2O/c1-8(13)7-10(2,3)9-5-6-11-12(9)4/h5-6,8,13H,7H2,1-4H3. The molecule has 0 aromatic carbocycles. The average molecular weight is 182 g/mol. The van der Waals surface area contributed by atoms with Crippen molar-refractivity contribution in [2.24, 2.45) is 7.05 Å². The molecule has 1 aromatic heterocycles. The highest BCUT2D eigenvalue weighted by Crippen LogP contribution is 2.27. The summed E-state index contributed by atoms with van der Waals surface area (Å²) in [5.74, 6) is 0. The molecule has 1 heterocycles. The summed E-state index contributed by atoms with van der Waals surface area (Å²) in [5, 5.41) is 13.5. The van der Waals surface area contributed by atoms with E-state index in [2.05, 4.69) is 18.9 Å². The third kappa shape index (κ3) is 2.31. The van der Waals surface area contributed by atoms with E-state index >= 15 is 0 Å². The van der Waals surface area contributed by atoms with Crippen LogP contribution in [0.3, 0.4) is 0 Å². The van der Waals surface area contributed by atoms with Gasteiger partial charge in [-0.15, -0.1) is 0 Å². The van der Waals surface area contributed by atoms with Crippen molar-refractivity contribution in [1.29, 1.82) is 0 Å². The van der Waals surface area contributed by atoms with Crippen LogP contribution in [-0.4, -0.2) is 21.0 Å². The van der Waals surface area contributed by atoms with Gasteiger partial charge in [-0.25, -0.2) is 0 Å².